The SMILES string of the molecule is COc1ccc(CNCc2cccc(C)c2)cc1Br. The van der Waals surface area contributed by atoms with Gasteiger partial charge in [0.2, 0.25) is 0 Å². The molecule has 0 aliphatic rings. The molecule has 2 rings (SSSR count). The molecule has 0 unspecified atom stereocenters. The molecule has 0 fully saturated rings. The predicted molar refractivity (Wildman–Crippen MR) is 82.4 cm³/mol. The molecule has 0 aromatic heterocycles. The number of hydrogen-bond acceptors (Lipinski definition) is 2. The molecule has 0 bridgehead atoms. The van der Waals surface area contributed by atoms with E-state index in [4.69, 9.17) is 4.74 Å². The van der Waals surface area contributed by atoms with Crippen molar-refractivity contribution in [3.8, 4) is 5.75 Å². The first-order chi connectivity index (χ1) is 9.19. The molecule has 100 valence electrons. The van der Waals surface area contributed by atoms with Gasteiger partial charge >= 0.3 is 0 Å². The number of rotatable bonds is 5. The lowest BCUT2D eigenvalue weighted by Crippen LogP contribution is -2.12. The van der Waals surface area contributed by atoms with E-state index in [9.17, 15) is 0 Å². The first-order valence-electron chi connectivity index (χ1n) is 6.27. The molecular weight excluding hydrogens is 302 g/mol. The van der Waals surface area contributed by atoms with E-state index in [1.54, 1.807) is 7.11 Å². The van der Waals surface area contributed by atoms with E-state index in [0.717, 1.165) is 23.3 Å². The van der Waals surface area contributed by atoms with Crippen LogP contribution in [-0.4, -0.2) is 7.11 Å². The summed E-state index contributed by atoms with van der Waals surface area (Å²) in [5.74, 6) is 0.863. The highest BCUT2D eigenvalue weighted by Crippen LogP contribution is 2.25. The molecule has 0 radical (unpaired) electrons. The van der Waals surface area contributed by atoms with E-state index >= 15 is 0 Å². The summed E-state index contributed by atoms with van der Waals surface area (Å²) in [5, 5.41) is 3.45. The quantitative estimate of drug-likeness (QED) is 0.897. The van der Waals surface area contributed by atoms with Crippen molar-refractivity contribution in [2.45, 2.75) is 20.0 Å². The third-order valence-corrected chi connectivity index (χ3v) is 3.58. The Morgan fingerprint density at radius 3 is 2.42 bits per heavy atom. The van der Waals surface area contributed by atoms with Crippen molar-refractivity contribution in [1.29, 1.82) is 0 Å². The number of nitrogens with one attached hydrogen (secondary N) is 1. The van der Waals surface area contributed by atoms with Gasteiger partial charge in [0.1, 0.15) is 5.75 Å². The summed E-state index contributed by atoms with van der Waals surface area (Å²) in [5.41, 5.74) is 3.85. The van der Waals surface area contributed by atoms with Crippen molar-refractivity contribution in [2.75, 3.05) is 7.11 Å². The van der Waals surface area contributed by atoms with Gasteiger partial charge in [-0.05, 0) is 46.1 Å². The summed E-state index contributed by atoms with van der Waals surface area (Å²) < 4.78 is 6.21. The molecule has 1 N–H and O–H groups in total. The number of hydrogen-bond donors (Lipinski definition) is 1. The van der Waals surface area contributed by atoms with Crippen molar-refractivity contribution < 1.29 is 4.74 Å². The molecule has 0 aliphatic carbocycles. The molecule has 0 heterocycles. The highest BCUT2D eigenvalue weighted by Gasteiger charge is 2.01. The van der Waals surface area contributed by atoms with Gasteiger partial charge < -0.3 is 10.1 Å². The number of benzene rings is 2. The van der Waals surface area contributed by atoms with Gasteiger partial charge in [-0.2, -0.15) is 0 Å². The fourth-order valence-corrected chi connectivity index (χ4v) is 2.58. The highest BCUT2D eigenvalue weighted by molar-refractivity contribution is 9.10. The lowest BCUT2D eigenvalue weighted by molar-refractivity contribution is 0.412. The first-order valence-corrected chi connectivity index (χ1v) is 7.07. The molecule has 2 aromatic carbocycles. The van der Waals surface area contributed by atoms with Crippen LogP contribution in [0.1, 0.15) is 16.7 Å². The predicted octanol–water partition coefficient (Wildman–Crippen LogP) is 4.06. The largest absolute Gasteiger partial charge is 0.496 e. The minimum Gasteiger partial charge on any atom is -0.496 e. The maximum absolute atomic E-state index is 5.22. The fraction of sp³-hybridized carbons (Fsp3) is 0.250. The molecule has 19 heavy (non-hydrogen) atoms. The normalized spacial score (nSPS) is 10.5. The zero-order chi connectivity index (χ0) is 13.7. The van der Waals surface area contributed by atoms with E-state index in [2.05, 4.69) is 64.6 Å². The molecule has 2 nitrogen and oxygen atoms in total. The van der Waals surface area contributed by atoms with Crippen molar-refractivity contribution in [1.82, 2.24) is 5.32 Å². The van der Waals surface area contributed by atoms with Gasteiger partial charge in [0, 0.05) is 13.1 Å². The monoisotopic (exact) mass is 319 g/mol. The summed E-state index contributed by atoms with van der Waals surface area (Å²) >= 11 is 3.50. The van der Waals surface area contributed by atoms with Crippen LogP contribution in [0.25, 0.3) is 0 Å². The molecule has 0 saturated heterocycles. The van der Waals surface area contributed by atoms with Gasteiger partial charge in [0.05, 0.1) is 11.6 Å². The number of aryl methyl sites for hydroxylation is 1. The molecule has 0 spiro atoms. The van der Waals surface area contributed by atoms with Crippen LogP contribution in [0.2, 0.25) is 0 Å². The second-order valence-electron chi connectivity index (χ2n) is 4.56. The maximum Gasteiger partial charge on any atom is 0.133 e. The Kier molecular flexibility index (Phi) is 5.00. The van der Waals surface area contributed by atoms with Gasteiger partial charge in [-0.1, -0.05) is 35.9 Å². The van der Waals surface area contributed by atoms with Crippen LogP contribution >= 0.6 is 15.9 Å². The second kappa shape index (κ2) is 6.73. The molecule has 0 amide bonds. The van der Waals surface area contributed by atoms with Crippen LogP contribution in [0, 0.1) is 6.92 Å². The van der Waals surface area contributed by atoms with E-state index in [-0.39, 0.29) is 0 Å². The van der Waals surface area contributed by atoms with E-state index in [0.29, 0.717) is 0 Å². The zero-order valence-corrected chi connectivity index (χ0v) is 12.8. The second-order valence-corrected chi connectivity index (χ2v) is 5.42. The van der Waals surface area contributed by atoms with Crippen LogP contribution in [0.5, 0.6) is 5.75 Å². The minimum absolute atomic E-state index is 0.844. The standard InChI is InChI=1S/C16H18BrNO/c1-12-4-3-5-13(8-12)10-18-11-14-6-7-16(19-2)15(17)9-14/h3-9,18H,10-11H2,1-2H3. The smallest absolute Gasteiger partial charge is 0.133 e. The summed E-state index contributed by atoms with van der Waals surface area (Å²) in [6.07, 6.45) is 0. The van der Waals surface area contributed by atoms with Gasteiger partial charge in [-0.15, -0.1) is 0 Å². The van der Waals surface area contributed by atoms with Crippen LogP contribution in [0.15, 0.2) is 46.9 Å². The topological polar surface area (TPSA) is 21.3 Å². The Bertz CT molecular complexity index is 554. The molecule has 0 saturated carbocycles. The number of methoxy groups -OCH3 is 1. The molecular formula is C16H18BrNO. The Morgan fingerprint density at radius 2 is 1.79 bits per heavy atom. The van der Waals surface area contributed by atoms with Gasteiger partial charge in [-0.3, -0.25) is 0 Å². The third-order valence-electron chi connectivity index (χ3n) is 2.96. The summed E-state index contributed by atoms with van der Waals surface area (Å²) in [6, 6.07) is 14.7. The lowest BCUT2D eigenvalue weighted by Gasteiger charge is -2.08. The average molecular weight is 320 g/mol. The average Bonchev–Trinajstić information content (AvgIpc) is 2.39. The Balaban J connectivity index is 1.90. The molecule has 0 aliphatic heterocycles. The van der Waals surface area contributed by atoms with E-state index < -0.39 is 0 Å². The maximum atomic E-state index is 5.22. The molecule has 3 heteroatoms. The van der Waals surface area contributed by atoms with Crippen molar-refractivity contribution in [2.24, 2.45) is 0 Å². The van der Waals surface area contributed by atoms with Crippen molar-refractivity contribution in [3.63, 3.8) is 0 Å². The Morgan fingerprint density at radius 1 is 1.05 bits per heavy atom. The Labute approximate surface area is 122 Å². The van der Waals surface area contributed by atoms with Gasteiger partial charge in [-0.25, -0.2) is 0 Å². The van der Waals surface area contributed by atoms with Gasteiger partial charge in [0.25, 0.3) is 0 Å². The Hall–Kier alpha value is -1.32. The molecule has 2 aromatic rings. The van der Waals surface area contributed by atoms with Crippen LogP contribution < -0.4 is 10.1 Å². The first kappa shape index (κ1) is 14.1. The van der Waals surface area contributed by atoms with Crippen LogP contribution in [0.3, 0.4) is 0 Å². The summed E-state index contributed by atoms with van der Waals surface area (Å²) in [7, 11) is 1.68. The minimum atomic E-state index is 0.844. The van der Waals surface area contributed by atoms with Crippen LogP contribution in [-0.2, 0) is 13.1 Å². The van der Waals surface area contributed by atoms with Crippen molar-refractivity contribution >= 4 is 15.9 Å². The zero-order valence-electron chi connectivity index (χ0n) is 11.2. The summed E-state index contributed by atoms with van der Waals surface area (Å²) in [4.78, 5) is 0. The third kappa shape index (κ3) is 4.08. The molecule has 0 atom stereocenters. The highest BCUT2D eigenvalue weighted by atomic mass is 79.9. The van der Waals surface area contributed by atoms with Gasteiger partial charge in [0.15, 0.2) is 0 Å². The van der Waals surface area contributed by atoms with Crippen LogP contribution in [0.4, 0.5) is 0 Å². The fourth-order valence-electron chi connectivity index (χ4n) is 1.99. The van der Waals surface area contributed by atoms with E-state index in [1.165, 1.54) is 16.7 Å². The van der Waals surface area contributed by atoms with Crippen molar-refractivity contribution in [3.05, 3.63) is 63.6 Å². The number of ether oxygens (including phenoxy) is 1. The lowest BCUT2D eigenvalue weighted by atomic mass is 10.1. The summed E-state index contributed by atoms with van der Waals surface area (Å²) in [6.45, 7) is 3.84. The number of halogens is 1. The van der Waals surface area contributed by atoms with E-state index in [1.807, 2.05) is 6.07 Å².